The number of ether oxygens (including phenoxy) is 2. The summed E-state index contributed by atoms with van der Waals surface area (Å²) in [4.78, 5) is 25.6. The number of carbonyl (C=O) groups is 2. The summed E-state index contributed by atoms with van der Waals surface area (Å²) >= 11 is 0. The quantitative estimate of drug-likeness (QED) is 0.908. The second-order valence-corrected chi connectivity index (χ2v) is 5.97. The Morgan fingerprint density at radius 1 is 1.39 bits per heavy atom. The number of hydrogen-bond acceptors (Lipinski definition) is 4. The van der Waals surface area contributed by atoms with E-state index in [2.05, 4.69) is 5.32 Å². The molecular weight excluding hydrogens is 296 g/mol. The van der Waals surface area contributed by atoms with E-state index in [4.69, 9.17) is 9.47 Å². The zero-order valence-corrected chi connectivity index (χ0v) is 13.3. The summed E-state index contributed by atoms with van der Waals surface area (Å²) in [5, 5.41) is 2.91. The predicted octanol–water partition coefficient (Wildman–Crippen LogP) is 1.27. The lowest BCUT2D eigenvalue weighted by molar-refractivity contribution is -0.121. The van der Waals surface area contributed by atoms with Crippen LogP contribution >= 0.6 is 0 Å². The molecule has 0 saturated carbocycles. The number of nitrogens with one attached hydrogen (secondary N) is 1. The van der Waals surface area contributed by atoms with Crippen molar-refractivity contribution in [2.45, 2.75) is 31.8 Å². The molecule has 0 bridgehead atoms. The lowest BCUT2D eigenvalue weighted by Crippen LogP contribution is -2.32. The SMILES string of the molecule is CN1C(=O)CCOc2ccc(CC(=O)NCC3CCCO3)cc21. The molecule has 2 heterocycles. The summed E-state index contributed by atoms with van der Waals surface area (Å²) in [6.45, 7) is 1.73. The van der Waals surface area contributed by atoms with Crippen LogP contribution in [-0.4, -0.2) is 44.7 Å². The Bertz CT molecular complexity index is 596. The van der Waals surface area contributed by atoms with Crippen LogP contribution in [0.2, 0.25) is 0 Å². The number of rotatable bonds is 4. The summed E-state index contributed by atoms with van der Waals surface area (Å²) in [6, 6.07) is 5.55. The molecule has 2 amide bonds. The Balaban J connectivity index is 1.63. The van der Waals surface area contributed by atoms with E-state index in [-0.39, 0.29) is 24.3 Å². The van der Waals surface area contributed by atoms with Gasteiger partial charge in [-0.3, -0.25) is 9.59 Å². The highest BCUT2D eigenvalue weighted by Gasteiger charge is 2.21. The zero-order valence-electron chi connectivity index (χ0n) is 13.3. The molecule has 1 saturated heterocycles. The summed E-state index contributed by atoms with van der Waals surface area (Å²) in [5.41, 5.74) is 1.58. The van der Waals surface area contributed by atoms with Gasteiger partial charge in [-0.25, -0.2) is 0 Å². The van der Waals surface area contributed by atoms with Crippen molar-refractivity contribution in [1.29, 1.82) is 0 Å². The van der Waals surface area contributed by atoms with Crippen LogP contribution in [0, 0.1) is 0 Å². The average molecular weight is 318 g/mol. The highest BCUT2D eigenvalue weighted by molar-refractivity contribution is 5.95. The Kier molecular flexibility index (Phi) is 4.81. The van der Waals surface area contributed by atoms with E-state index in [1.54, 1.807) is 11.9 Å². The van der Waals surface area contributed by atoms with Crippen LogP contribution in [0.3, 0.4) is 0 Å². The molecule has 1 N–H and O–H groups in total. The number of carbonyl (C=O) groups excluding carboxylic acids is 2. The lowest BCUT2D eigenvalue weighted by atomic mass is 10.1. The first-order valence-corrected chi connectivity index (χ1v) is 8.04. The van der Waals surface area contributed by atoms with E-state index >= 15 is 0 Å². The number of benzene rings is 1. The molecule has 23 heavy (non-hydrogen) atoms. The third kappa shape index (κ3) is 3.82. The van der Waals surface area contributed by atoms with Crippen LogP contribution in [0.25, 0.3) is 0 Å². The highest BCUT2D eigenvalue weighted by Crippen LogP contribution is 2.31. The minimum atomic E-state index is -0.0380. The first kappa shape index (κ1) is 15.8. The Morgan fingerprint density at radius 2 is 2.26 bits per heavy atom. The molecule has 2 aliphatic rings. The van der Waals surface area contributed by atoms with Gasteiger partial charge in [0.25, 0.3) is 0 Å². The van der Waals surface area contributed by atoms with Crippen molar-refractivity contribution in [3.63, 3.8) is 0 Å². The van der Waals surface area contributed by atoms with Gasteiger partial charge in [0.15, 0.2) is 0 Å². The fourth-order valence-electron chi connectivity index (χ4n) is 2.89. The third-order valence-electron chi connectivity index (χ3n) is 4.25. The first-order valence-electron chi connectivity index (χ1n) is 8.04. The van der Waals surface area contributed by atoms with Gasteiger partial charge in [-0.2, -0.15) is 0 Å². The molecule has 2 aliphatic heterocycles. The van der Waals surface area contributed by atoms with Crippen LogP contribution in [0.4, 0.5) is 5.69 Å². The molecule has 0 aliphatic carbocycles. The van der Waals surface area contributed by atoms with E-state index in [0.29, 0.717) is 25.3 Å². The molecule has 0 aromatic heterocycles. The number of anilines is 1. The summed E-state index contributed by atoms with van der Waals surface area (Å²) in [6.07, 6.45) is 2.85. The van der Waals surface area contributed by atoms with Crippen LogP contribution in [0.15, 0.2) is 18.2 Å². The van der Waals surface area contributed by atoms with Gasteiger partial charge >= 0.3 is 0 Å². The van der Waals surface area contributed by atoms with Crippen molar-refractivity contribution in [3.05, 3.63) is 23.8 Å². The maximum Gasteiger partial charge on any atom is 0.230 e. The summed E-state index contributed by atoms with van der Waals surface area (Å²) in [7, 11) is 1.73. The van der Waals surface area contributed by atoms with E-state index in [1.807, 2.05) is 18.2 Å². The molecule has 3 rings (SSSR count). The predicted molar refractivity (Wildman–Crippen MR) is 85.7 cm³/mol. The van der Waals surface area contributed by atoms with Crippen LogP contribution in [-0.2, 0) is 20.7 Å². The second kappa shape index (κ2) is 7.00. The van der Waals surface area contributed by atoms with Crippen LogP contribution in [0.1, 0.15) is 24.8 Å². The molecule has 1 aromatic rings. The molecule has 6 heteroatoms. The van der Waals surface area contributed by atoms with Crippen molar-refractivity contribution < 1.29 is 19.1 Å². The minimum absolute atomic E-state index is 0.0173. The van der Waals surface area contributed by atoms with Crippen LogP contribution in [0.5, 0.6) is 5.75 Å². The fraction of sp³-hybridized carbons (Fsp3) is 0.529. The third-order valence-corrected chi connectivity index (χ3v) is 4.25. The van der Waals surface area contributed by atoms with E-state index in [0.717, 1.165) is 30.7 Å². The van der Waals surface area contributed by atoms with Gasteiger partial charge in [-0.15, -0.1) is 0 Å². The average Bonchev–Trinajstić information content (AvgIpc) is 3.02. The standard InChI is InChI=1S/C17H22N2O4/c1-19-14-9-12(4-5-15(14)23-8-6-17(19)21)10-16(20)18-11-13-3-2-7-22-13/h4-5,9,13H,2-3,6-8,10-11H2,1H3,(H,18,20). The van der Waals surface area contributed by atoms with E-state index in [9.17, 15) is 9.59 Å². The number of hydrogen-bond donors (Lipinski definition) is 1. The Morgan fingerprint density at radius 3 is 3.04 bits per heavy atom. The molecule has 1 atom stereocenters. The van der Waals surface area contributed by atoms with Gasteiger partial charge in [0, 0.05) is 20.2 Å². The highest BCUT2D eigenvalue weighted by atomic mass is 16.5. The van der Waals surface area contributed by atoms with Crippen LogP contribution < -0.4 is 15.0 Å². The van der Waals surface area contributed by atoms with Gasteiger partial charge in [0.2, 0.25) is 11.8 Å². The van der Waals surface area contributed by atoms with Gasteiger partial charge in [0.1, 0.15) is 5.75 Å². The fourth-order valence-corrected chi connectivity index (χ4v) is 2.89. The maximum absolute atomic E-state index is 12.1. The summed E-state index contributed by atoms with van der Waals surface area (Å²) < 4.78 is 11.1. The van der Waals surface area contributed by atoms with Gasteiger partial charge in [-0.05, 0) is 30.5 Å². The normalized spacial score (nSPS) is 20.7. The van der Waals surface area contributed by atoms with E-state index in [1.165, 1.54) is 0 Å². The number of fused-ring (bicyclic) bond motifs is 1. The lowest BCUT2D eigenvalue weighted by Gasteiger charge is -2.17. The molecular formula is C17H22N2O4. The first-order chi connectivity index (χ1) is 11.1. The van der Waals surface area contributed by atoms with Gasteiger partial charge in [0.05, 0.1) is 31.2 Å². The molecule has 124 valence electrons. The number of amides is 2. The molecule has 1 unspecified atom stereocenters. The monoisotopic (exact) mass is 318 g/mol. The van der Waals surface area contributed by atoms with Gasteiger partial charge < -0.3 is 19.7 Å². The van der Waals surface area contributed by atoms with Crippen molar-refractivity contribution in [1.82, 2.24) is 5.32 Å². The largest absolute Gasteiger partial charge is 0.491 e. The van der Waals surface area contributed by atoms with Crippen molar-refractivity contribution in [2.24, 2.45) is 0 Å². The number of nitrogens with zero attached hydrogens (tertiary/aromatic N) is 1. The zero-order chi connectivity index (χ0) is 16.2. The molecule has 0 radical (unpaired) electrons. The molecule has 1 fully saturated rings. The van der Waals surface area contributed by atoms with Crippen molar-refractivity contribution >= 4 is 17.5 Å². The molecule has 6 nitrogen and oxygen atoms in total. The topological polar surface area (TPSA) is 67.9 Å². The van der Waals surface area contributed by atoms with Crippen molar-refractivity contribution in [2.75, 3.05) is 31.7 Å². The van der Waals surface area contributed by atoms with Crippen molar-refractivity contribution in [3.8, 4) is 5.75 Å². The Labute approximate surface area is 135 Å². The van der Waals surface area contributed by atoms with E-state index < -0.39 is 0 Å². The second-order valence-electron chi connectivity index (χ2n) is 5.97. The minimum Gasteiger partial charge on any atom is -0.491 e. The summed E-state index contributed by atoms with van der Waals surface area (Å²) in [5.74, 6) is 0.662. The molecule has 0 spiro atoms. The molecule has 1 aromatic carbocycles. The smallest absolute Gasteiger partial charge is 0.230 e. The Hall–Kier alpha value is -2.08. The van der Waals surface area contributed by atoms with Gasteiger partial charge in [-0.1, -0.05) is 6.07 Å². The maximum atomic E-state index is 12.1.